The van der Waals surface area contributed by atoms with E-state index in [4.69, 9.17) is 4.74 Å². The smallest absolute Gasteiger partial charge is 0.257 e. The van der Waals surface area contributed by atoms with Crippen LogP contribution in [0, 0.1) is 5.82 Å². The van der Waals surface area contributed by atoms with Crippen molar-refractivity contribution in [3.8, 4) is 5.75 Å². The highest BCUT2D eigenvalue weighted by Crippen LogP contribution is 2.17. The van der Waals surface area contributed by atoms with Gasteiger partial charge < -0.3 is 10.1 Å². The Morgan fingerprint density at radius 2 is 1.82 bits per heavy atom. The van der Waals surface area contributed by atoms with Crippen LogP contribution in [-0.2, 0) is 11.2 Å². The Kier molecular flexibility index (Phi) is 6.69. The van der Waals surface area contributed by atoms with Crippen LogP contribution in [0.2, 0.25) is 0 Å². The van der Waals surface area contributed by atoms with Gasteiger partial charge in [-0.15, -0.1) is 11.3 Å². The van der Waals surface area contributed by atoms with Crippen molar-refractivity contribution in [1.29, 1.82) is 0 Å². The number of hydrogen-bond acceptors (Lipinski definition) is 5. The second-order valence-electron chi connectivity index (χ2n) is 5.77. The molecule has 28 heavy (non-hydrogen) atoms. The zero-order chi connectivity index (χ0) is 19.8. The van der Waals surface area contributed by atoms with Crippen LogP contribution < -0.4 is 15.4 Å². The summed E-state index contributed by atoms with van der Waals surface area (Å²) in [5.41, 5.74) is 1.09. The molecule has 3 aromatic rings. The van der Waals surface area contributed by atoms with Gasteiger partial charge in [-0.1, -0.05) is 30.3 Å². The second-order valence-corrected chi connectivity index (χ2v) is 6.63. The second kappa shape index (κ2) is 9.61. The maximum Gasteiger partial charge on any atom is 0.257 e. The summed E-state index contributed by atoms with van der Waals surface area (Å²) in [7, 11) is 0. The molecule has 0 fully saturated rings. The molecule has 0 saturated heterocycles. The highest BCUT2D eigenvalue weighted by molar-refractivity contribution is 7.14. The lowest BCUT2D eigenvalue weighted by molar-refractivity contribution is -0.120. The predicted octanol–water partition coefficient (Wildman–Crippen LogP) is 3.27. The third-order valence-corrected chi connectivity index (χ3v) is 4.47. The van der Waals surface area contributed by atoms with E-state index in [0.29, 0.717) is 16.4 Å². The van der Waals surface area contributed by atoms with E-state index in [1.165, 1.54) is 23.5 Å². The number of rotatable bonds is 8. The summed E-state index contributed by atoms with van der Waals surface area (Å²) in [6, 6.07) is 14.9. The molecule has 144 valence electrons. The Morgan fingerprint density at radius 3 is 2.61 bits per heavy atom. The molecule has 6 nitrogen and oxygen atoms in total. The van der Waals surface area contributed by atoms with E-state index in [2.05, 4.69) is 15.6 Å². The van der Waals surface area contributed by atoms with Gasteiger partial charge in [-0.05, 0) is 24.3 Å². The molecule has 0 unspecified atom stereocenters. The van der Waals surface area contributed by atoms with Crippen LogP contribution in [0.3, 0.4) is 0 Å². The minimum atomic E-state index is -0.443. The zero-order valence-electron chi connectivity index (χ0n) is 14.9. The van der Waals surface area contributed by atoms with Crippen LogP contribution in [0.5, 0.6) is 5.75 Å². The Labute approximate surface area is 165 Å². The summed E-state index contributed by atoms with van der Waals surface area (Å²) < 4.78 is 18.7. The van der Waals surface area contributed by atoms with Crippen molar-refractivity contribution in [2.45, 2.75) is 6.42 Å². The number of para-hydroxylation sites is 1. The third-order valence-electron chi connectivity index (χ3n) is 3.67. The lowest BCUT2D eigenvalue weighted by Gasteiger charge is -2.07. The Bertz CT molecular complexity index is 947. The molecular weight excluding hydrogens is 381 g/mol. The van der Waals surface area contributed by atoms with Gasteiger partial charge in [0.1, 0.15) is 6.61 Å². The largest absolute Gasteiger partial charge is 0.489 e. The first-order valence-electron chi connectivity index (χ1n) is 8.56. The first-order valence-corrected chi connectivity index (χ1v) is 9.44. The number of nitrogens with zero attached hydrogens (tertiary/aromatic N) is 1. The number of benzene rings is 2. The van der Waals surface area contributed by atoms with E-state index in [0.717, 1.165) is 0 Å². The van der Waals surface area contributed by atoms with Crippen molar-refractivity contribution in [2.75, 3.05) is 18.5 Å². The summed E-state index contributed by atoms with van der Waals surface area (Å²) >= 11 is 1.25. The number of ether oxygens (including phenoxy) is 1. The number of halogens is 1. The molecule has 2 amide bonds. The predicted molar refractivity (Wildman–Crippen MR) is 105 cm³/mol. The van der Waals surface area contributed by atoms with Crippen LogP contribution in [0.1, 0.15) is 16.1 Å². The van der Waals surface area contributed by atoms with Crippen LogP contribution in [0.25, 0.3) is 0 Å². The highest BCUT2D eigenvalue weighted by Gasteiger charge is 2.11. The average Bonchev–Trinajstić information content (AvgIpc) is 3.13. The summed E-state index contributed by atoms with van der Waals surface area (Å²) in [6.07, 6.45) is 0.0808. The summed E-state index contributed by atoms with van der Waals surface area (Å²) in [4.78, 5) is 28.3. The fraction of sp³-hybridized carbons (Fsp3) is 0.150. The van der Waals surface area contributed by atoms with E-state index < -0.39 is 5.82 Å². The number of nitrogens with one attached hydrogen (secondary N) is 2. The molecule has 0 aliphatic rings. The van der Waals surface area contributed by atoms with Crippen molar-refractivity contribution in [3.63, 3.8) is 0 Å². The Hall–Kier alpha value is -3.26. The fourth-order valence-corrected chi connectivity index (χ4v) is 3.05. The minimum absolute atomic E-state index is 0.0808. The van der Waals surface area contributed by atoms with Gasteiger partial charge in [0, 0.05) is 10.9 Å². The average molecular weight is 399 g/mol. The monoisotopic (exact) mass is 399 g/mol. The van der Waals surface area contributed by atoms with Gasteiger partial charge in [0.05, 0.1) is 18.7 Å². The normalized spacial score (nSPS) is 10.3. The first-order chi connectivity index (χ1) is 13.6. The van der Waals surface area contributed by atoms with Crippen LogP contribution in [-0.4, -0.2) is 29.9 Å². The maximum atomic E-state index is 13.4. The number of thiazole rings is 1. The van der Waals surface area contributed by atoms with Gasteiger partial charge in [-0.2, -0.15) is 0 Å². The van der Waals surface area contributed by atoms with Crippen LogP contribution in [0.15, 0.2) is 60.0 Å². The number of hydrogen-bond donors (Lipinski definition) is 2. The van der Waals surface area contributed by atoms with Crippen molar-refractivity contribution in [1.82, 2.24) is 10.3 Å². The molecule has 0 aliphatic carbocycles. The van der Waals surface area contributed by atoms with Crippen molar-refractivity contribution in [3.05, 3.63) is 77.1 Å². The van der Waals surface area contributed by atoms with Crippen LogP contribution in [0.4, 0.5) is 9.52 Å². The molecule has 2 N–H and O–H groups in total. The van der Waals surface area contributed by atoms with Gasteiger partial charge in [0.2, 0.25) is 5.91 Å². The number of carbonyl (C=O) groups excluding carboxylic acids is 2. The number of anilines is 1. The van der Waals surface area contributed by atoms with Crippen LogP contribution >= 0.6 is 11.3 Å². The molecule has 3 rings (SSSR count). The number of carbonyl (C=O) groups is 2. The molecule has 0 atom stereocenters. The van der Waals surface area contributed by atoms with Gasteiger partial charge in [-0.3, -0.25) is 14.9 Å². The standard InChI is InChI=1S/C20H18FN3O3S/c21-16-8-4-5-9-17(16)27-11-10-22-18(25)12-15-13-28-20(23-15)24-19(26)14-6-2-1-3-7-14/h1-9,13H,10-12H2,(H,22,25)(H,23,24,26). The minimum Gasteiger partial charge on any atom is -0.489 e. The molecule has 8 heteroatoms. The summed E-state index contributed by atoms with van der Waals surface area (Å²) in [5, 5.41) is 7.54. The SMILES string of the molecule is O=C(Cc1csc(NC(=O)c2ccccc2)n1)NCCOc1ccccc1F. The lowest BCUT2D eigenvalue weighted by atomic mass is 10.2. The van der Waals surface area contributed by atoms with E-state index >= 15 is 0 Å². The summed E-state index contributed by atoms with van der Waals surface area (Å²) in [5.74, 6) is -0.781. The molecular formula is C20H18FN3O3S. The molecule has 0 radical (unpaired) electrons. The molecule has 0 spiro atoms. The van der Waals surface area contributed by atoms with E-state index in [1.807, 2.05) is 6.07 Å². The number of amides is 2. The zero-order valence-corrected chi connectivity index (χ0v) is 15.7. The van der Waals surface area contributed by atoms with Gasteiger partial charge in [0.15, 0.2) is 16.7 Å². The third kappa shape index (κ3) is 5.62. The fourth-order valence-electron chi connectivity index (χ4n) is 2.34. The topological polar surface area (TPSA) is 80.3 Å². The van der Waals surface area contributed by atoms with E-state index in [1.54, 1.807) is 41.8 Å². The highest BCUT2D eigenvalue weighted by atomic mass is 32.1. The molecule has 1 aromatic heterocycles. The molecule has 0 bridgehead atoms. The van der Waals surface area contributed by atoms with E-state index in [9.17, 15) is 14.0 Å². The summed E-state index contributed by atoms with van der Waals surface area (Å²) in [6.45, 7) is 0.400. The molecule has 1 heterocycles. The quantitative estimate of drug-likeness (QED) is 0.570. The van der Waals surface area contributed by atoms with Gasteiger partial charge in [-0.25, -0.2) is 9.37 Å². The van der Waals surface area contributed by atoms with Gasteiger partial charge >= 0.3 is 0 Å². The lowest BCUT2D eigenvalue weighted by Crippen LogP contribution is -2.29. The Morgan fingerprint density at radius 1 is 1.07 bits per heavy atom. The molecule has 2 aromatic carbocycles. The van der Waals surface area contributed by atoms with E-state index in [-0.39, 0.29) is 37.1 Å². The first kappa shape index (κ1) is 19.5. The molecule has 0 saturated carbocycles. The maximum absolute atomic E-state index is 13.4. The van der Waals surface area contributed by atoms with Gasteiger partial charge in [0.25, 0.3) is 5.91 Å². The molecule has 0 aliphatic heterocycles. The van der Waals surface area contributed by atoms with Crippen molar-refractivity contribution < 1.29 is 18.7 Å². The number of aromatic nitrogens is 1. The van der Waals surface area contributed by atoms with Crippen molar-refractivity contribution in [2.24, 2.45) is 0 Å². The Balaban J connectivity index is 1.41. The van der Waals surface area contributed by atoms with Crippen molar-refractivity contribution >= 4 is 28.3 Å².